The van der Waals surface area contributed by atoms with Gasteiger partial charge in [-0.15, -0.1) is 0 Å². The molecule has 2 rings (SSSR count). The summed E-state index contributed by atoms with van der Waals surface area (Å²) in [4.78, 5) is 24.7. The van der Waals surface area contributed by atoms with Gasteiger partial charge in [0.25, 0.3) is 5.91 Å². The molecule has 16 heavy (non-hydrogen) atoms. The van der Waals surface area contributed by atoms with Gasteiger partial charge >= 0.3 is 6.03 Å². The van der Waals surface area contributed by atoms with Crippen molar-refractivity contribution in [2.45, 2.75) is 19.4 Å². The molecule has 0 spiro atoms. The molecule has 0 saturated carbocycles. The molecule has 1 saturated heterocycles. The van der Waals surface area contributed by atoms with Crippen LogP contribution in [0.1, 0.15) is 13.8 Å². The van der Waals surface area contributed by atoms with Crippen LogP contribution in [-0.2, 0) is 4.79 Å². The molecule has 84 valence electrons. The number of nitrogens with one attached hydrogen (secondary N) is 1. The number of hydrogen-bond donors (Lipinski definition) is 2. The first-order chi connectivity index (χ1) is 7.42. The topological polar surface area (TPSA) is 75.4 Å². The molecule has 1 aromatic carbocycles. The predicted molar refractivity (Wildman–Crippen MR) is 61.0 cm³/mol. The highest BCUT2D eigenvalue weighted by Gasteiger charge is 2.44. The van der Waals surface area contributed by atoms with Gasteiger partial charge in [0, 0.05) is 5.69 Å². The van der Waals surface area contributed by atoms with Crippen LogP contribution in [0, 0.1) is 0 Å². The Balaban J connectivity index is 2.39. The second kappa shape index (κ2) is 3.23. The summed E-state index contributed by atoms with van der Waals surface area (Å²) in [6.45, 7) is 3.34. The molecule has 3 amide bonds. The fourth-order valence-electron chi connectivity index (χ4n) is 1.61. The minimum Gasteiger partial charge on any atom is -0.399 e. The molecule has 0 radical (unpaired) electrons. The fourth-order valence-corrected chi connectivity index (χ4v) is 1.61. The molecule has 0 aliphatic carbocycles. The van der Waals surface area contributed by atoms with Crippen molar-refractivity contribution in [3.63, 3.8) is 0 Å². The summed E-state index contributed by atoms with van der Waals surface area (Å²) in [5.41, 5.74) is 5.82. The molecule has 1 aromatic rings. The standard InChI is InChI=1S/C11H13N3O2/c1-11(2)9(15)14(10(16)13-11)8-5-3-7(12)4-6-8/h3-6H,12H2,1-2H3,(H,13,16). The van der Waals surface area contributed by atoms with Gasteiger partial charge in [0.1, 0.15) is 5.54 Å². The number of anilines is 2. The Hall–Kier alpha value is -2.04. The number of nitrogens with two attached hydrogens (primary N) is 1. The van der Waals surface area contributed by atoms with E-state index in [1.165, 1.54) is 0 Å². The largest absolute Gasteiger partial charge is 0.399 e. The average Bonchev–Trinajstić information content (AvgIpc) is 2.39. The van der Waals surface area contributed by atoms with Crippen molar-refractivity contribution in [2.75, 3.05) is 10.6 Å². The number of urea groups is 1. The lowest BCUT2D eigenvalue weighted by molar-refractivity contribution is -0.120. The van der Waals surface area contributed by atoms with E-state index < -0.39 is 11.6 Å². The second-order valence-corrected chi connectivity index (χ2v) is 4.29. The lowest BCUT2D eigenvalue weighted by Crippen LogP contribution is -2.40. The first-order valence-electron chi connectivity index (χ1n) is 4.94. The van der Waals surface area contributed by atoms with Gasteiger partial charge in [0.05, 0.1) is 5.69 Å². The van der Waals surface area contributed by atoms with E-state index in [1.54, 1.807) is 38.1 Å². The summed E-state index contributed by atoms with van der Waals surface area (Å²) < 4.78 is 0. The van der Waals surface area contributed by atoms with E-state index in [0.29, 0.717) is 11.4 Å². The van der Waals surface area contributed by atoms with Crippen LogP contribution in [0.4, 0.5) is 16.2 Å². The van der Waals surface area contributed by atoms with Gasteiger partial charge < -0.3 is 11.1 Å². The van der Waals surface area contributed by atoms with Gasteiger partial charge in [-0.1, -0.05) is 0 Å². The van der Waals surface area contributed by atoms with Crippen molar-refractivity contribution in [1.29, 1.82) is 0 Å². The van der Waals surface area contributed by atoms with Crippen LogP contribution in [0.2, 0.25) is 0 Å². The SMILES string of the molecule is CC1(C)NC(=O)N(c2ccc(N)cc2)C1=O. The van der Waals surface area contributed by atoms with Gasteiger partial charge in [0.2, 0.25) is 0 Å². The lowest BCUT2D eigenvalue weighted by atomic mass is 10.1. The summed E-state index contributed by atoms with van der Waals surface area (Å²) in [7, 11) is 0. The second-order valence-electron chi connectivity index (χ2n) is 4.29. The zero-order valence-corrected chi connectivity index (χ0v) is 9.15. The highest BCUT2D eigenvalue weighted by molar-refractivity contribution is 6.23. The van der Waals surface area contributed by atoms with E-state index >= 15 is 0 Å². The molecular formula is C11H13N3O2. The Kier molecular flexibility index (Phi) is 2.11. The van der Waals surface area contributed by atoms with Crippen molar-refractivity contribution >= 4 is 23.3 Å². The third-order valence-corrected chi connectivity index (χ3v) is 2.51. The minimum atomic E-state index is -0.849. The van der Waals surface area contributed by atoms with E-state index in [9.17, 15) is 9.59 Å². The molecule has 5 nitrogen and oxygen atoms in total. The zero-order valence-electron chi connectivity index (χ0n) is 9.15. The molecule has 1 aliphatic rings. The zero-order chi connectivity index (χ0) is 11.9. The predicted octanol–water partition coefficient (Wildman–Crippen LogP) is 1.10. The van der Waals surface area contributed by atoms with E-state index in [0.717, 1.165) is 4.90 Å². The van der Waals surface area contributed by atoms with E-state index in [1.807, 2.05) is 0 Å². The van der Waals surface area contributed by atoms with Gasteiger partial charge in [-0.05, 0) is 38.1 Å². The highest BCUT2D eigenvalue weighted by Crippen LogP contribution is 2.24. The number of hydrogen-bond acceptors (Lipinski definition) is 3. The number of nitrogens with zero attached hydrogens (tertiary/aromatic N) is 1. The molecule has 1 heterocycles. The van der Waals surface area contributed by atoms with Crippen molar-refractivity contribution < 1.29 is 9.59 Å². The average molecular weight is 219 g/mol. The van der Waals surface area contributed by atoms with Gasteiger partial charge in [-0.3, -0.25) is 4.79 Å². The smallest absolute Gasteiger partial charge is 0.329 e. The summed E-state index contributed by atoms with van der Waals surface area (Å²) in [5, 5.41) is 2.61. The Bertz CT molecular complexity index is 451. The van der Waals surface area contributed by atoms with Crippen molar-refractivity contribution in [3.8, 4) is 0 Å². The molecule has 5 heteroatoms. The molecule has 0 aromatic heterocycles. The number of benzene rings is 1. The van der Waals surface area contributed by atoms with Crippen LogP contribution < -0.4 is 16.0 Å². The number of nitrogen functional groups attached to an aromatic ring is 1. The normalized spacial score (nSPS) is 18.8. The number of imide groups is 1. The summed E-state index contributed by atoms with van der Waals surface area (Å²) in [6, 6.07) is 6.20. The van der Waals surface area contributed by atoms with Gasteiger partial charge in [-0.2, -0.15) is 0 Å². The monoisotopic (exact) mass is 219 g/mol. The first-order valence-corrected chi connectivity index (χ1v) is 4.94. The highest BCUT2D eigenvalue weighted by atomic mass is 16.2. The summed E-state index contributed by atoms with van der Waals surface area (Å²) in [5.74, 6) is -0.262. The van der Waals surface area contributed by atoms with Gasteiger partial charge in [0.15, 0.2) is 0 Å². The Morgan fingerprint density at radius 3 is 2.19 bits per heavy atom. The Morgan fingerprint density at radius 1 is 1.19 bits per heavy atom. The number of amides is 3. The maximum absolute atomic E-state index is 11.9. The summed E-state index contributed by atoms with van der Waals surface area (Å²) >= 11 is 0. The van der Waals surface area contributed by atoms with E-state index in [2.05, 4.69) is 5.32 Å². The van der Waals surface area contributed by atoms with Crippen molar-refractivity contribution in [2.24, 2.45) is 0 Å². The molecule has 0 unspecified atom stereocenters. The maximum Gasteiger partial charge on any atom is 0.329 e. The van der Waals surface area contributed by atoms with Crippen LogP contribution in [-0.4, -0.2) is 17.5 Å². The van der Waals surface area contributed by atoms with Crippen LogP contribution in [0.5, 0.6) is 0 Å². The third kappa shape index (κ3) is 1.50. The molecule has 0 bridgehead atoms. The quantitative estimate of drug-likeness (QED) is 0.548. The molecule has 1 aliphatic heterocycles. The molecular weight excluding hydrogens is 206 g/mol. The van der Waals surface area contributed by atoms with Crippen molar-refractivity contribution in [3.05, 3.63) is 24.3 Å². The lowest BCUT2D eigenvalue weighted by Gasteiger charge is -2.15. The van der Waals surface area contributed by atoms with Crippen LogP contribution in [0.25, 0.3) is 0 Å². The van der Waals surface area contributed by atoms with Crippen LogP contribution >= 0.6 is 0 Å². The first kappa shape index (κ1) is 10.5. The van der Waals surface area contributed by atoms with E-state index in [4.69, 9.17) is 5.73 Å². The maximum atomic E-state index is 11.9. The fraction of sp³-hybridized carbons (Fsp3) is 0.273. The number of carbonyl (C=O) groups excluding carboxylic acids is 2. The number of carbonyl (C=O) groups is 2. The number of rotatable bonds is 1. The Labute approximate surface area is 93.2 Å². The molecule has 0 atom stereocenters. The third-order valence-electron chi connectivity index (χ3n) is 2.51. The summed E-state index contributed by atoms with van der Waals surface area (Å²) in [6.07, 6.45) is 0. The molecule has 3 N–H and O–H groups in total. The van der Waals surface area contributed by atoms with Crippen LogP contribution in [0.15, 0.2) is 24.3 Å². The van der Waals surface area contributed by atoms with Crippen LogP contribution in [0.3, 0.4) is 0 Å². The van der Waals surface area contributed by atoms with Crippen molar-refractivity contribution in [1.82, 2.24) is 5.32 Å². The Morgan fingerprint density at radius 2 is 1.75 bits per heavy atom. The molecule has 1 fully saturated rings. The van der Waals surface area contributed by atoms with Gasteiger partial charge in [-0.25, -0.2) is 9.69 Å². The minimum absolute atomic E-state index is 0.262. The van der Waals surface area contributed by atoms with E-state index in [-0.39, 0.29) is 5.91 Å².